The van der Waals surface area contributed by atoms with Crippen molar-refractivity contribution in [1.82, 2.24) is 10.2 Å². The molecule has 6 nitrogen and oxygen atoms in total. The van der Waals surface area contributed by atoms with E-state index in [0.29, 0.717) is 13.0 Å². The van der Waals surface area contributed by atoms with Gasteiger partial charge >= 0.3 is 12.1 Å². The molecule has 1 aliphatic rings. The van der Waals surface area contributed by atoms with E-state index in [-0.39, 0.29) is 25.7 Å². The van der Waals surface area contributed by atoms with E-state index >= 15 is 0 Å². The lowest BCUT2D eigenvalue weighted by Crippen LogP contribution is -2.46. The van der Waals surface area contributed by atoms with E-state index in [9.17, 15) is 14.0 Å². The van der Waals surface area contributed by atoms with Gasteiger partial charge in [0.1, 0.15) is 6.17 Å². The van der Waals surface area contributed by atoms with Gasteiger partial charge in [-0.1, -0.05) is 0 Å². The van der Waals surface area contributed by atoms with Gasteiger partial charge in [0.15, 0.2) is 0 Å². The SMILES string of the molecule is CC(F)CCOC(=O)NC1CCCN1CC(=O)O. The standard InChI is InChI=1S/C11H19FN2O4/c1-8(12)4-6-18-11(17)13-9-3-2-5-14(9)7-10(15)16/h8-9H,2-7H2,1H3,(H,13,17)(H,15,16). The highest BCUT2D eigenvalue weighted by Crippen LogP contribution is 2.14. The van der Waals surface area contributed by atoms with Crippen LogP contribution in [-0.2, 0) is 9.53 Å². The zero-order valence-corrected chi connectivity index (χ0v) is 10.4. The van der Waals surface area contributed by atoms with Crippen LogP contribution in [0.25, 0.3) is 0 Å². The molecule has 1 amide bonds. The van der Waals surface area contributed by atoms with Crippen molar-refractivity contribution in [2.24, 2.45) is 0 Å². The topological polar surface area (TPSA) is 78.9 Å². The maximum atomic E-state index is 12.5. The Morgan fingerprint density at radius 2 is 2.33 bits per heavy atom. The number of carbonyl (C=O) groups excluding carboxylic acids is 1. The molecular formula is C11H19FN2O4. The number of carbonyl (C=O) groups is 2. The number of hydrogen-bond acceptors (Lipinski definition) is 4. The third-order valence-electron chi connectivity index (χ3n) is 2.74. The summed E-state index contributed by atoms with van der Waals surface area (Å²) in [5, 5.41) is 11.3. The highest BCUT2D eigenvalue weighted by molar-refractivity contribution is 5.70. The van der Waals surface area contributed by atoms with Gasteiger partial charge in [0.25, 0.3) is 0 Å². The van der Waals surface area contributed by atoms with Crippen LogP contribution in [0.3, 0.4) is 0 Å². The van der Waals surface area contributed by atoms with Gasteiger partial charge in [0, 0.05) is 13.0 Å². The summed E-state index contributed by atoms with van der Waals surface area (Å²) in [6, 6.07) is 0. The van der Waals surface area contributed by atoms with Gasteiger partial charge in [-0.05, 0) is 19.8 Å². The number of carboxylic acids is 1. The largest absolute Gasteiger partial charge is 0.480 e. The van der Waals surface area contributed by atoms with E-state index in [1.54, 1.807) is 4.90 Å². The number of alkyl halides is 1. The second-order valence-corrected chi connectivity index (χ2v) is 4.37. The van der Waals surface area contributed by atoms with Gasteiger partial charge in [0.05, 0.1) is 19.3 Å². The fourth-order valence-electron chi connectivity index (χ4n) is 1.84. The number of aliphatic carboxylic acids is 1. The van der Waals surface area contributed by atoms with Crippen LogP contribution >= 0.6 is 0 Å². The van der Waals surface area contributed by atoms with Gasteiger partial charge in [-0.3, -0.25) is 9.69 Å². The molecule has 1 fully saturated rings. The number of likely N-dealkylation sites (tertiary alicyclic amines) is 1. The molecule has 0 spiro atoms. The Kier molecular flexibility index (Phi) is 5.84. The summed E-state index contributed by atoms with van der Waals surface area (Å²) in [6.07, 6.45) is -0.249. The lowest BCUT2D eigenvalue weighted by molar-refractivity contribution is -0.138. The van der Waals surface area contributed by atoms with E-state index in [1.807, 2.05) is 0 Å². The van der Waals surface area contributed by atoms with Crippen LogP contribution in [0.4, 0.5) is 9.18 Å². The third-order valence-corrected chi connectivity index (χ3v) is 2.74. The van der Waals surface area contributed by atoms with Crippen molar-refractivity contribution >= 4 is 12.1 Å². The van der Waals surface area contributed by atoms with Crippen molar-refractivity contribution in [3.8, 4) is 0 Å². The van der Waals surface area contributed by atoms with Crippen molar-refractivity contribution in [1.29, 1.82) is 0 Å². The van der Waals surface area contributed by atoms with Crippen LogP contribution in [0.15, 0.2) is 0 Å². The fraction of sp³-hybridized carbons (Fsp3) is 0.818. The van der Waals surface area contributed by atoms with Gasteiger partial charge in [-0.15, -0.1) is 0 Å². The normalized spacial score (nSPS) is 21.6. The van der Waals surface area contributed by atoms with Crippen molar-refractivity contribution in [2.75, 3.05) is 19.7 Å². The number of hydrogen-bond donors (Lipinski definition) is 2. The summed E-state index contributed by atoms with van der Waals surface area (Å²) >= 11 is 0. The highest BCUT2D eigenvalue weighted by atomic mass is 19.1. The minimum Gasteiger partial charge on any atom is -0.480 e. The quantitative estimate of drug-likeness (QED) is 0.745. The second kappa shape index (κ2) is 7.15. The maximum absolute atomic E-state index is 12.5. The molecule has 1 saturated heterocycles. The maximum Gasteiger partial charge on any atom is 0.408 e. The number of rotatable bonds is 6. The average Bonchev–Trinajstić information content (AvgIpc) is 2.64. The number of nitrogens with zero attached hydrogens (tertiary/aromatic N) is 1. The Balaban J connectivity index is 2.27. The first-order valence-corrected chi connectivity index (χ1v) is 6.02. The Hall–Kier alpha value is -1.37. The molecule has 0 saturated carbocycles. The summed E-state index contributed by atoms with van der Waals surface area (Å²) < 4.78 is 17.3. The van der Waals surface area contributed by atoms with Gasteiger partial charge in [0.2, 0.25) is 0 Å². The van der Waals surface area contributed by atoms with Crippen LogP contribution in [0.5, 0.6) is 0 Å². The van der Waals surface area contributed by atoms with Gasteiger partial charge < -0.3 is 15.2 Å². The van der Waals surface area contributed by atoms with Crippen molar-refractivity contribution < 1.29 is 23.8 Å². The monoisotopic (exact) mass is 262 g/mol. The van der Waals surface area contributed by atoms with Crippen molar-refractivity contribution in [3.63, 3.8) is 0 Å². The summed E-state index contributed by atoms with van der Waals surface area (Å²) in [7, 11) is 0. The summed E-state index contributed by atoms with van der Waals surface area (Å²) in [4.78, 5) is 23.7. The van der Waals surface area contributed by atoms with Crippen molar-refractivity contribution in [3.05, 3.63) is 0 Å². The number of nitrogens with one attached hydrogen (secondary N) is 1. The lowest BCUT2D eigenvalue weighted by atomic mass is 10.3. The first kappa shape index (κ1) is 14.7. The van der Waals surface area contributed by atoms with E-state index in [4.69, 9.17) is 9.84 Å². The van der Waals surface area contributed by atoms with E-state index in [1.165, 1.54) is 6.92 Å². The lowest BCUT2D eigenvalue weighted by Gasteiger charge is -2.23. The summed E-state index contributed by atoms with van der Waals surface area (Å²) in [5.74, 6) is -0.927. The molecule has 2 unspecified atom stereocenters. The van der Waals surface area contributed by atoms with Crippen LogP contribution in [0.2, 0.25) is 0 Å². The number of amides is 1. The van der Waals surface area contributed by atoms with E-state index in [0.717, 1.165) is 6.42 Å². The van der Waals surface area contributed by atoms with Crippen LogP contribution in [-0.4, -0.2) is 54.1 Å². The number of ether oxygens (including phenoxy) is 1. The van der Waals surface area contributed by atoms with Crippen LogP contribution in [0, 0.1) is 0 Å². The Labute approximate surface area is 105 Å². The molecular weight excluding hydrogens is 243 g/mol. The zero-order chi connectivity index (χ0) is 13.5. The van der Waals surface area contributed by atoms with E-state index < -0.39 is 18.2 Å². The molecule has 0 bridgehead atoms. The van der Waals surface area contributed by atoms with Gasteiger partial charge in [-0.25, -0.2) is 9.18 Å². The Morgan fingerprint density at radius 1 is 1.61 bits per heavy atom. The third kappa shape index (κ3) is 5.31. The van der Waals surface area contributed by atoms with E-state index in [2.05, 4.69) is 5.32 Å². The molecule has 0 aromatic carbocycles. The average molecular weight is 262 g/mol. The molecule has 104 valence electrons. The molecule has 1 aliphatic heterocycles. The number of alkyl carbamates (subject to hydrolysis) is 1. The molecule has 7 heteroatoms. The van der Waals surface area contributed by atoms with Crippen molar-refractivity contribution in [2.45, 2.75) is 38.5 Å². The molecule has 0 aromatic heterocycles. The molecule has 2 atom stereocenters. The molecule has 0 aromatic rings. The molecule has 18 heavy (non-hydrogen) atoms. The zero-order valence-electron chi connectivity index (χ0n) is 10.4. The minimum atomic E-state index is -1.01. The first-order valence-electron chi connectivity index (χ1n) is 6.02. The number of halogens is 1. The minimum absolute atomic E-state index is 0.0230. The summed E-state index contributed by atoms with van der Waals surface area (Å²) in [6.45, 7) is 1.95. The second-order valence-electron chi connectivity index (χ2n) is 4.37. The molecule has 1 rings (SSSR count). The van der Waals surface area contributed by atoms with Crippen LogP contribution < -0.4 is 5.32 Å². The van der Waals surface area contributed by atoms with Crippen LogP contribution in [0.1, 0.15) is 26.2 Å². The molecule has 2 N–H and O–H groups in total. The summed E-state index contributed by atoms with van der Waals surface area (Å²) in [5.41, 5.74) is 0. The first-order chi connectivity index (χ1) is 8.49. The Bertz CT molecular complexity index is 299. The molecule has 0 radical (unpaired) electrons. The molecule has 0 aliphatic carbocycles. The Morgan fingerprint density at radius 3 is 2.94 bits per heavy atom. The predicted molar refractivity (Wildman–Crippen MR) is 61.9 cm³/mol. The fourth-order valence-corrected chi connectivity index (χ4v) is 1.84. The number of carboxylic acid groups (broad SMARTS) is 1. The van der Waals surface area contributed by atoms with Gasteiger partial charge in [-0.2, -0.15) is 0 Å². The smallest absolute Gasteiger partial charge is 0.408 e. The predicted octanol–water partition coefficient (Wildman–Crippen LogP) is 0.967. The highest BCUT2D eigenvalue weighted by Gasteiger charge is 2.27. The molecule has 1 heterocycles.